The van der Waals surface area contributed by atoms with Crippen molar-refractivity contribution in [2.24, 2.45) is 11.5 Å². The van der Waals surface area contributed by atoms with E-state index in [1.807, 2.05) is 19.1 Å². The third-order valence-corrected chi connectivity index (χ3v) is 12.8. The number of carboxylic acids is 1. The van der Waals surface area contributed by atoms with Gasteiger partial charge in [0.15, 0.2) is 0 Å². The molecule has 0 saturated heterocycles. The molecule has 4 aromatic carbocycles. The number of unbranched alkanes of at least 4 members (excludes halogenated alkanes) is 1. The number of benzene rings is 4. The molecule has 0 saturated carbocycles. The van der Waals surface area contributed by atoms with Crippen LogP contribution in [0.2, 0.25) is 5.02 Å². The van der Waals surface area contributed by atoms with Crippen LogP contribution in [0.5, 0.6) is 5.75 Å². The van der Waals surface area contributed by atoms with Crippen molar-refractivity contribution in [3.63, 3.8) is 0 Å². The van der Waals surface area contributed by atoms with Gasteiger partial charge < -0.3 is 57.1 Å². The van der Waals surface area contributed by atoms with Gasteiger partial charge in [0.1, 0.15) is 42.0 Å². The van der Waals surface area contributed by atoms with E-state index in [1.54, 1.807) is 72.8 Å². The summed E-state index contributed by atoms with van der Waals surface area (Å²) in [5.74, 6) is -5.91. The minimum absolute atomic E-state index is 0.111. The summed E-state index contributed by atoms with van der Waals surface area (Å²) in [6.45, 7) is 5.32. The van der Waals surface area contributed by atoms with E-state index >= 15 is 0 Å². The maximum atomic E-state index is 14.9. The maximum Gasteiger partial charge on any atom is 0.303 e. The fraction of sp³-hybridized carbons (Fsp3) is 0.396. The second-order valence-electron chi connectivity index (χ2n) is 17.9. The largest absolute Gasteiger partial charge is 0.493 e. The number of carbonyl (C=O) groups excluding carboxylic acids is 7. The van der Waals surface area contributed by atoms with Crippen molar-refractivity contribution in [3.05, 3.63) is 112 Å². The molecule has 0 fully saturated rings. The highest BCUT2D eigenvalue weighted by molar-refractivity contribution is 6.30. The highest BCUT2D eigenvalue weighted by Crippen LogP contribution is 2.37. The molecule has 6 atom stereocenters. The topological polar surface area (TPSA) is 282 Å². The van der Waals surface area contributed by atoms with E-state index in [2.05, 4.69) is 21.3 Å². The van der Waals surface area contributed by atoms with Gasteiger partial charge in [0.25, 0.3) is 5.91 Å². The number of primary amides is 1. The molecule has 0 aromatic heterocycles. The lowest BCUT2D eigenvalue weighted by molar-refractivity contribution is -0.143. The molecule has 5 rings (SSSR count). The van der Waals surface area contributed by atoms with E-state index in [4.69, 9.17) is 32.5 Å². The quantitative estimate of drug-likeness (QED) is 0.0586. The van der Waals surface area contributed by atoms with Crippen LogP contribution in [0, 0.1) is 0 Å². The summed E-state index contributed by atoms with van der Waals surface area (Å²) in [5, 5.41) is 20.7. The van der Waals surface area contributed by atoms with Crippen LogP contribution in [0.25, 0.3) is 22.3 Å². The molecule has 1 heterocycles. The van der Waals surface area contributed by atoms with Gasteiger partial charge in [-0.3, -0.25) is 38.4 Å². The highest BCUT2D eigenvalue weighted by Gasteiger charge is 2.37. The van der Waals surface area contributed by atoms with Gasteiger partial charge in [0, 0.05) is 50.2 Å². The molecule has 19 nitrogen and oxygen atoms in total. The molecule has 390 valence electrons. The SMILES string of the molecule is CCOc1ccc2cc1-c1cc(ccc1COC)[C@H](N(C)C(=O)[C@H](CCCCN)NC(=O)c1ccc(-c3ccc(Cl)cc3)cc1)C(=O)N[C@@H](C)C(=O)N[C@H](C(=O)N[C@@H](C)C(=O)N(C)[C@@H](CCC(=O)O)C(N)=O)C2. The summed E-state index contributed by atoms with van der Waals surface area (Å²) in [4.78, 5) is 111. The third-order valence-electron chi connectivity index (χ3n) is 12.6. The Morgan fingerprint density at radius 1 is 0.849 bits per heavy atom. The standard InChI is InChI=1S/C53H65ClN8O11/c1-7-73-44-23-11-32-26-40(44)39-28-36(16-17-37(39)29-72-6)46(62(5)53(71)41(10-8-9-25-55)59-49(67)35-14-12-33(13-15-35)34-18-20-38(54)21-19-34)51(69)57-30(2)48(66)60-42(27-32)50(68)58-31(3)52(70)61(4)43(47(56)65)22-24-45(63)64/h11-21,23,26,28,30-31,41-43,46H,7-10,22,24-25,27,29,55H2,1-6H3,(H2,56,65)(H,57,69)(H,58,68)(H,59,67)(H,60,66)(H,63,64)/t30-,31-,41-,42-,43-,46-/m0/s1. The number of hydrogen-bond donors (Lipinski definition) is 7. The van der Waals surface area contributed by atoms with Crippen LogP contribution >= 0.6 is 11.6 Å². The lowest BCUT2D eigenvalue weighted by atomic mass is 9.91. The Morgan fingerprint density at radius 2 is 1.52 bits per heavy atom. The number of carboxylic acid groups (broad SMARTS) is 1. The van der Waals surface area contributed by atoms with Crippen LogP contribution in [0.1, 0.15) is 86.0 Å². The van der Waals surface area contributed by atoms with Gasteiger partial charge in [0.2, 0.25) is 35.4 Å². The average Bonchev–Trinajstić information content (AvgIpc) is 3.36. The lowest BCUT2D eigenvalue weighted by Gasteiger charge is -2.33. The van der Waals surface area contributed by atoms with Gasteiger partial charge in [-0.1, -0.05) is 54.1 Å². The number of methoxy groups -OCH3 is 1. The van der Waals surface area contributed by atoms with E-state index in [0.717, 1.165) is 16.0 Å². The van der Waals surface area contributed by atoms with Crippen molar-refractivity contribution in [1.82, 2.24) is 31.1 Å². The number of likely N-dealkylation sites (N-methyl/N-ethyl adjacent to an activating group) is 2. The summed E-state index contributed by atoms with van der Waals surface area (Å²) in [6.07, 6.45) is 0.391. The number of nitrogens with one attached hydrogen (secondary N) is 4. The normalized spacial score (nSPS) is 16.8. The number of aliphatic carboxylic acids is 1. The summed E-state index contributed by atoms with van der Waals surface area (Å²) >= 11 is 6.08. The Morgan fingerprint density at radius 3 is 2.14 bits per heavy atom. The monoisotopic (exact) mass is 1020 g/mol. The summed E-state index contributed by atoms with van der Waals surface area (Å²) in [7, 11) is 4.24. The first-order valence-corrected chi connectivity index (χ1v) is 24.4. The molecule has 73 heavy (non-hydrogen) atoms. The Hall–Kier alpha value is -7.35. The van der Waals surface area contributed by atoms with Crippen LogP contribution in [0.3, 0.4) is 0 Å². The number of hydrogen-bond acceptors (Lipinski definition) is 11. The summed E-state index contributed by atoms with van der Waals surface area (Å²) in [5.41, 5.74) is 16.1. The molecular weight excluding hydrogens is 960 g/mol. The minimum atomic E-state index is -1.39. The maximum absolute atomic E-state index is 14.9. The first-order valence-electron chi connectivity index (χ1n) is 24.0. The molecule has 1 aliphatic heterocycles. The molecule has 7 amide bonds. The predicted octanol–water partition coefficient (Wildman–Crippen LogP) is 3.87. The molecule has 0 aliphatic carbocycles. The predicted molar refractivity (Wildman–Crippen MR) is 274 cm³/mol. The first-order chi connectivity index (χ1) is 34.8. The van der Waals surface area contributed by atoms with Crippen molar-refractivity contribution in [1.29, 1.82) is 0 Å². The fourth-order valence-corrected chi connectivity index (χ4v) is 8.71. The van der Waals surface area contributed by atoms with E-state index in [1.165, 1.54) is 40.0 Å². The Bertz CT molecular complexity index is 2650. The van der Waals surface area contributed by atoms with Gasteiger partial charge in [-0.05, 0) is 129 Å². The Kier molecular flexibility index (Phi) is 20.4. The molecule has 0 spiro atoms. The first kappa shape index (κ1) is 56.6. The van der Waals surface area contributed by atoms with Gasteiger partial charge in [0.05, 0.1) is 13.2 Å². The summed E-state index contributed by atoms with van der Waals surface area (Å²) < 4.78 is 11.7. The molecule has 4 bridgehead atoms. The number of amides is 7. The number of rotatable bonds is 21. The van der Waals surface area contributed by atoms with E-state index in [-0.39, 0.29) is 32.5 Å². The lowest BCUT2D eigenvalue weighted by Crippen LogP contribution is -2.58. The van der Waals surface area contributed by atoms with Crippen molar-refractivity contribution >= 4 is 58.9 Å². The molecule has 4 aromatic rings. The van der Waals surface area contributed by atoms with Crippen LogP contribution in [-0.2, 0) is 51.3 Å². The Balaban J connectivity index is 1.53. The number of nitrogens with zero attached hydrogens (tertiary/aromatic N) is 2. The second kappa shape index (κ2) is 26.4. The second-order valence-corrected chi connectivity index (χ2v) is 18.3. The van der Waals surface area contributed by atoms with Crippen molar-refractivity contribution < 1.29 is 52.9 Å². The van der Waals surface area contributed by atoms with Crippen LogP contribution in [-0.4, -0.2) is 127 Å². The molecule has 20 heteroatoms. The van der Waals surface area contributed by atoms with E-state index in [9.17, 15) is 43.5 Å². The zero-order valence-electron chi connectivity index (χ0n) is 41.9. The minimum Gasteiger partial charge on any atom is -0.493 e. The smallest absolute Gasteiger partial charge is 0.303 e. The number of nitrogens with two attached hydrogens (primary N) is 2. The van der Waals surface area contributed by atoms with Crippen molar-refractivity contribution in [3.8, 4) is 28.0 Å². The fourth-order valence-electron chi connectivity index (χ4n) is 8.59. The van der Waals surface area contributed by atoms with Crippen molar-refractivity contribution in [2.75, 3.05) is 34.4 Å². The van der Waals surface area contributed by atoms with Crippen molar-refractivity contribution in [2.45, 2.75) is 102 Å². The van der Waals surface area contributed by atoms with Crippen LogP contribution in [0.4, 0.5) is 0 Å². The number of halogens is 1. The molecule has 0 unspecified atom stereocenters. The zero-order chi connectivity index (χ0) is 53.5. The number of ether oxygens (including phenoxy) is 2. The van der Waals surface area contributed by atoms with Gasteiger partial charge in [-0.2, -0.15) is 0 Å². The van der Waals surface area contributed by atoms with Crippen LogP contribution in [0.15, 0.2) is 84.9 Å². The zero-order valence-corrected chi connectivity index (χ0v) is 42.6. The highest BCUT2D eigenvalue weighted by atomic mass is 35.5. The van der Waals surface area contributed by atoms with Crippen LogP contribution < -0.4 is 37.5 Å². The molecule has 9 N–H and O–H groups in total. The summed E-state index contributed by atoms with van der Waals surface area (Å²) in [6, 6.07) is 16.8. The van der Waals surface area contributed by atoms with E-state index in [0.29, 0.717) is 63.5 Å². The third kappa shape index (κ3) is 14.9. The number of carbonyl (C=O) groups is 8. The molecule has 1 aliphatic rings. The Labute approximate surface area is 429 Å². The van der Waals surface area contributed by atoms with Gasteiger partial charge >= 0.3 is 5.97 Å². The molecule has 0 radical (unpaired) electrons. The van der Waals surface area contributed by atoms with E-state index < -0.39 is 90.0 Å². The average molecular weight is 1030 g/mol. The van der Waals surface area contributed by atoms with Gasteiger partial charge in [-0.15, -0.1) is 0 Å². The number of fused-ring (bicyclic) bond motifs is 5. The van der Waals surface area contributed by atoms with Gasteiger partial charge in [-0.25, -0.2) is 0 Å². The molecular formula is C53H65ClN8O11.